The number of thioether (sulfide) groups is 1. The van der Waals surface area contributed by atoms with E-state index in [4.69, 9.17) is 4.74 Å². The number of hydrogen-bond acceptors (Lipinski definition) is 6. The lowest BCUT2D eigenvalue weighted by atomic mass is 10.1. The van der Waals surface area contributed by atoms with Crippen molar-refractivity contribution in [2.24, 2.45) is 0 Å². The summed E-state index contributed by atoms with van der Waals surface area (Å²) in [5.41, 5.74) is 3.25. The molecule has 0 saturated carbocycles. The molecule has 4 aromatic rings. The molecule has 188 valence electrons. The van der Waals surface area contributed by atoms with E-state index in [9.17, 15) is 9.59 Å². The second-order valence-electron chi connectivity index (χ2n) is 8.00. The van der Waals surface area contributed by atoms with Crippen LogP contribution in [0.5, 0.6) is 5.75 Å². The monoisotopic (exact) mass is 529 g/mol. The van der Waals surface area contributed by atoms with Gasteiger partial charge in [-0.2, -0.15) is 0 Å². The zero-order valence-electron chi connectivity index (χ0n) is 20.5. The van der Waals surface area contributed by atoms with Gasteiger partial charge in [0.1, 0.15) is 5.75 Å². The summed E-state index contributed by atoms with van der Waals surface area (Å²) in [6.45, 7) is 1.97. The van der Waals surface area contributed by atoms with Gasteiger partial charge in [-0.05, 0) is 48.4 Å². The highest BCUT2D eigenvalue weighted by atomic mass is 32.2. The van der Waals surface area contributed by atoms with Gasteiger partial charge in [0.15, 0.2) is 5.13 Å². The number of para-hydroxylation sites is 1. The van der Waals surface area contributed by atoms with E-state index >= 15 is 0 Å². The predicted octanol–water partition coefficient (Wildman–Crippen LogP) is 6.98. The first kappa shape index (κ1) is 26.2. The topological polar surface area (TPSA) is 80.3 Å². The van der Waals surface area contributed by atoms with Crippen molar-refractivity contribution in [2.75, 3.05) is 17.7 Å². The fraction of sp³-hybridized carbons (Fsp3) is 0.138. The number of anilines is 2. The van der Waals surface area contributed by atoms with E-state index in [0.717, 1.165) is 27.5 Å². The van der Waals surface area contributed by atoms with Gasteiger partial charge in [-0.25, -0.2) is 4.98 Å². The Bertz CT molecular complexity index is 1390. The molecule has 3 aromatic carbocycles. The molecule has 2 amide bonds. The molecule has 0 saturated heterocycles. The van der Waals surface area contributed by atoms with Crippen LogP contribution in [0.1, 0.15) is 18.9 Å². The normalized spacial score (nSPS) is 11.7. The number of carbonyl (C=O) groups is 2. The Morgan fingerprint density at radius 2 is 1.81 bits per heavy atom. The van der Waals surface area contributed by atoms with Crippen LogP contribution in [-0.4, -0.2) is 29.2 Å². The highest BCUT2D eigenvalue weighted by Crippen LogP contribution is 2.33. The smallest absolute Gasteiger partial charge is 0.248 e. The fourth-order valence-corrected chi connectivity index (χ4v) is 5.28. The molecule has 1 aromatic heterocycles. The Kier molecular flexibility index (Phi) is 9.13. The Labute approximate surface area is 224 Å². The lowest BCUT2D eigenvalue weighted by Crippen LogP contribution is -2.24. The third kappa shape index (κ3) is 7.31. The third-order valence-corrected chi connectivity index (χ3v) is 7.50. The molecule has 1 heterocycles. The van der Waals surface area contributed by atoms with Gasteiger partial charge in [-0.1, -0.05) is 55.5 Å². The maximum Gasteiger partial charge on any atom is 0.248 e. The molecule has 4 rings (SSSR count). The molecule has 37 heavy (non-hydrogen) atoms. The Morgan fingerprint density at radius 3 is 2.59 bits per heavy atom. The molecule has 0 spiro atoms. The zero-order chi connectivity index (χ0) is 26.0. The molecule has 8 heteroatoms. The molecule has 1 atom stereocenters. The van der Waals surface area contributed by atoms with Crippen LogP contribution in [0.3, 0.4) is 0 Å². The van der Waals surface area contributed by atoms with Crippen molar-refractivity contribution in [3.63, 3.8) is 0 Å². The number of ether oxygens (including phenoxy) is 1. The van der Waals surface area contributed by atoms with E-state index in [0.29, 0.717) is 17.2 Å². The van der Waals surface area contributed by atoms with Gasteiger partial charge in [0.05, 0.1) is 18.1 Å². The minimum atomic E-state index is -0.317. The summed E-state index contributed by atoms with van der Waals surface area (Å²) in [6, 6.07) is 24.8. The lowest BCUT2D eigenvalue weighted by Gasteiger charge is -2.14. The van der Waals surface area contributed by atoms with Crippen molar-refractivity contribution in [2.45, 2.75) is 23.5 Å². The summed E-state index contributed by atoms with van der Waals surface area (Å²) in [4.78, 5) is 30.9. The van der Waals surface area contributed by atoms with Gasteiger partial charge in [-0.3, -0.25) is 9.59 Å². The van der Waals surface area contributed by atoms with E-state index in [1.807, 2.05) is 91.2 Å². The van der Waals surface area contributed by atoms with Crippen LogP contribution in [0.2, 0.25) is 0 Å². The van der Waals surface area contributed by atoms with E-state index in [2.05, 4.69) is 15.6 Å². The SMILES string of the molecule is CCC(Sc1cccc(NC(=O)/C=C/c2ccccc2)c1)C(=O)Nc1nc(-c2ccccc2OC)cs1. The first-order chi connectivity index (χ1) is 18.1. The largest absolute Gasteiger partial charge is 0.496 e. The number of thiazole rings is 1. The number of carbonyl (C=O) groups excluding carboxylic acids is 2. The Hall–Kier alpha value is -3.88. The summed E-state index contributed by atoms with van der Waals surface area (Å²) in [6.07, 6.45) is 3.91. The summed E-state index contributed by atoms with van der Waals surface area (Å²) >= 11 is 2.83. The van der Waals surface area contributed by atoms with E-state index in [-0.39, 0.29) is 17.1 Å². The second kappa shape index (κ2) is 12.9. The number of nitrogens with zero attached hydrogens (tertiary/aromatic N) is 1. The number of rotatable bonds is 10. The van der Waals surface area contributed by atoms with Crippen LogP contribution in [0, 0.1) is 0 Å². The number of methoxy groups -OCH3 is 1. The first-order valence-corrected chi connectivity index (χ1v) is 13.5. The van der Waals surface area contributed by atoms with Gasteiger partial charge in [-0.15, -0.1) is 23.1 Å². The number of benzene rings is 3. The summed E-state index contributed by atoms with van der Waals surface area (Å²) in [5.74, 6) is 0.397. The molecule has 0 aliphatic heterocycles. The van der Waals surface area contributed by atoms with Crippen molar-refractivity contribution in [3.8, 4) is 17.0 Å². The van der Waals surface area contributed by atoms with Crippen LogP contribution in [0.4, 0.5) is 10.8 Å². The lowest BCUT2D eigenvalue weighted by molar-refractivity contribution is -0.115. The first-order valence-electron chi connectivity index (χ1n) is 11.8. The molecule has 1 unspecified atom stereocenters. The van der Waals surface area contributed by atoms with Crippen molar-refractivity contribution < 1.29 is 14.3 Å². The van der Waals surface area contributed by atoms with Crippen LogP contribution >= 0.6 is 23.1 Å². The van der Waals surface area contributed by atoms with Crippen LogP contribution in [0.25, 0.3) is 17.3 Å². The van der Waals surface area contributed by atoms with Gasteiger partial charge in [0, 0.05) is 27.6 Å². The fourth-order valence-electron chi connectivity index (χ4n) is 3.55. The molecular weight excluding hydrogens is 502 g/mol. The summed E-state index contributed by atoms with van der Waals surface area (Å²) in [7, 11) is 1.62. The van der Waals surface area contributed by atoms with Gasteiger partial charge in [0.25, 0.3) is 0 Å². The van der Waals surface area contributed by atoms with Crippen molar-refractivity contribution in [1.82, 2.24) is 4.98 Å². The molecule has 2 N–H and O–H groups in total. The van der Waals surface area contributed by atoms with E-state index < -0.39 is 0 Å². The molecule has 0 aliphatic rings. The highest BCUT2D eigenvalue weighted by Gasteiger charge is 2.20. The standard InChI is InChI=1S/C29H27N3O3S2/c1-3-26(28(34)32-29-31-24(19-36-29)23-14-7-8-15-25(23)35-2)37-22-13-9-12-21(18-22)30-27(33)17-16-20-10-5-4-6-11-20/h4-19,26H,3H2,1-2H3,(H,30,33)(H,31,32,34)/b17-16+. The molecule has 0 radical (unpaired) electrons. The number of aromatic nitrogens is 1. The third-order valence-electron chi connectivity index (χ3n) is 5.39. The van der Waals surface area contributed by atoms with Gasteiger partial charge in [0.2, 0.25) is 11.8 Å². The van der Waals surface area contributed by atoms with E-state index in [1.165, 1.54) is 29.2 Å². The Morgan fingerprint density at radius 1 is 1.03 bits per heavy atom. The Balaban J connectivity index is 1.37. The maximum atomic E-state index is 13.0. The second-order valence-corrected chi connectivity index (χ2v) is 10.1. The molecular formula is C29H27N3O3S2. The minimum absolute atomic E-state index is 0.117. The number of hydrogen-bond donors (Lipinski definition) is 2. The summed E-state index contributed by atoms with van der Waals surface area (Å²) < 4.78 is 5.42. The summed E-state index contributed by atoms with van der Waals surface area (Å²) in [5, 5.41) is 7.95. The van der Waals surface area contributed by atoms with Gasteiger partial charge >= 0.3 is 0 Å². The molecule has 0 fully saturated rings. The quantitative estimate of drug-likeness (QED) is 0.171. The van der Waals surface area contributed by atoms with Crippen LogP contribution in [-0.2, 0) is 9.59 Å². The van der Waals surface area contributed by atoms with E-state index in [1.54, 1.807) is 13.2 Å². The van der Waals surface area contributed by atoms with Crippen molar-refractivity contribution in [1.29, 1.82) is 0 Å². The van der Waals surface area contributed by atoms with Crippen LogP contribution < -0.4 is 15.4 Å². The minimum Gasteiger partial charge on any atom is -0.496 e. The van der Waals surface area contributed by atoms with Crippen molar-refractivity contribution in [3.05, 3.63) is 95.9 Å². The molecule has 6 nitrogen and oxygen atoms in total. The number of nitrogens with one attached hydrogen (secondary N) is 2. The van der Waals surface area contributed by atoms with Crippen LogP contribution in [0.15, 0.2) is 95.2 Å². The maximum absolute atomic E-state index is 13.0. The molecule has 0 aliphatic carbocycles. The van der Waals surface area contributed by atoms with Gasteiger partial charge < -0.3 is 15.4 Å². The predicted molar refractivity (Wildman–Crippen MR) is 153 cm³/mol. The average molecular weight is 530 g/mol. The molecule has 0 bridgehead atoms. The zero-order valence-corrected chi connectivity index (χ0v) is 22.1. The average Bonchev–Trinajstić information content (AvgIpc) is 3.39. The number of amides is 2. The van der Waals surface area contributed by atoms with Crippen molar-refractivity contribution >= 4 is 51.8 Å². The highest BCUT2D eigenvalue weighted by molar-refractivity contribution is 8.00.